The molecule has 1 saturated carbocycles. The average molecular weight is 619 g/mol. The predicted molar refractivity (Wildman–Crippen MR) is 182 cm³/mol. The number of nitrogens with zero attached hydrogens (tertiary/aromatic N) is 6. The first-order valence-corrected chi connectivity index (χ1v) is 16.2. The summed E-state index contributed by atoms with van der Waals surface area (Å²) in [7, 11) is 0. The zero-order valence-corrected chi connectivity index (χ0v) is 26.8. The number of hydrogen-bond donors (Lipinski definition) is 2. The summed E-state index contributed by atoms with van der Waals surface area (Å²) in [6.45, 7) is 10.7. The minimum Gasteiger partial charge on any atom is -0.444 e. The second kappa shape index (κ2) is 12.3. The van der Waals surface area contributed by atoms with Gasteiger partial charge in [0.2, 0.25) is 0 Å². The Morgan fingerprint density at radius 3 is 2.50 bits per heavy atom. The van der Waals surface area contributed by atoms with Gasteiger partial charge < -0.3 is 20.7 Å². The monoisotopic (exact) mass is 618 g/mol. The van der Waals surface area contributed by atoms with Crippen molar-refractivity contribution in [2.24, 2.45) is 0 Å². The number of nitrogens with two attached hydrogens (primary N) is 1. The predicted octanol–water partition coefficient (Wildman–Crippen LogP) is 5.58. The number of pyridine rings is 1. The molecular weight excluding hydrogens is 576 g/mol. The third-order valence-corrected chi connectivity index (χ3v) is 9.03. The normalized spacial score (nSPS) is 19.0. The molecular formula is C36H42N8O2. The number of anilines is 1. The van der Waals surface area contributed by atoms with Crippen LogP contribution in [-0.2, 0) is 4.74 Å². The first kappa shape index (κ1) is 30.1. The molecule has 10 nitrogen and oxygen atoms in total. The summed E-state index contributed by atoms with van der Waals surface area (Å²) in [6.07, 6.45) is 5.55. The van der Waals surface area contributed by atoms with Crippen LogP contribution < -0.4 is 11.1 Å². The van der Waals surface area contributed by atoms with Crippen molar-refractivity contribution in [3.63, 3.8) is 0 Å². The number of piperazine rings is 1. The smallest absolute Gasteiger partial charge is 0.410 e. The molecule has 0 atom stereocenters. The van der Waals surface area contributed by atoms with E-state index in [0.717, 1.165) is 83.8 Å². The topological polar surface area (TPSA) is 114 Å². The first-order valence-electron chi connectivity index (χ1n) is 16.2. The summed E-state index contributed by atoms with van der Waals surface area (Å²) in [4.78, 5) is 31.2. The van der Waals surface area contributed by atoms with E-state index in [1.165, 1.54) is 0 Å². The fourth-order valence-corrected chi connectivity index (χ4v) is 6.51. The number of ether oxygens (including phenoxy) is 1. The summed E-state index contributed by atoms with van der Waals surface area (Å²) >= 11 is 0. The molecule has 2 aliphatic rings. The van der Waals surface area contributed by atoms with Crippen molar-refractivity contribution >= 4 is 28.3 Å². The van der Waals surface area contributed by atoms with Crippen LogP contribution in [0.1, 0.15) is 45.4 Å². The molecule has 2 fully saturated rings. The van der Waals surface area contributed by atoms with Crippen molar-refractivity contribution < 1.29 is 9.53 Å². The van der Waals surface area contributed by atoms with Crippen molar-refractivity contribution in [1.82, 2.24) is 34.5 Å². The van der Waals surface area contributed by atoms with Crippen LogP contribution in [0.2, 0.25) is 0 Å². The zero-order chi connectivity index (χ0) is 31.8. The van der Waals surface area contributed by atoms with Crippen LogP contribution in [0.3, 0.4) is 0 Å². The quantitative estimate of drug-likeness (QED) is 0.243. The van der Waals surface area contributed by atoms with Gasteiger partial charge in [0.15, 0.2) is 0 Å². The van der Waals surface area contributed by atoms with Crippen LogP contribution in [0.15, 0.2) is 73.1 Å². The fraction of sp³-hybridized carbons (Fsp3) is 0.389. The summed E-state index contributed by atoms with van der Waals surface area (Å²) in [5, 5.41) is 4.82. The lowest BCUT2D eigenvalue weighted by Gasteiger charge is -2.37. The largest absolute Gasteiger partial charge is 0.444 e. The molecule has 3 N–H and O–H groups in total. The SMILES string of the molecule is CC(C)(C)OC(=O)N1CCN(CCN[C@H]2C[C@@H](c3nc(-c4ccc5ccc(-c6ccccc6)nc5c4)c4c(N)nccn43)C2)CC1. The van der Waals surface area contributed by atoms with E-state index in [1.54, 1.807) is 6.20 Å². The Labute approximate surface area is 269 Å². The van der Waals surface area contributed by atoms with Gasteiger partial charge in [-0.25, -0.2) is 19.7 Å². The molecule has 5 aromatic rings. The Balaban J connectivity index is 0.999. The number of hydrogen-bond acceptors (Lipinski definition) is 8. The van der Waals surface area contributed by atoms with E-state index in [9.17, 15) is 4.79 Å². The zero-order valence-electron chi connectivity index (χ0n) is 26.8. The van der Waals surface area contributed by atoms with Gasteiger partial charge in [-0.15, -0.1) is 0 Å². The lowest BCUT2D eigenvalue weighted by Crippen LogP contribution is -2.52. The van der Waals surface area contributed by atoms with Gasteiger partial charge in [0.05, 0.1) is 11.2 Å². The minimum absolute atomic E-state index is 0.215. The van der Waals surface area contributed by atoms with Gasteiger partial charge >= 0.3 is 6.09 Å². The molecule has 4 heterocycles. The molecule has 1 aliphatic carbocycles. The van der Waals surface area contributed by atoms with Crippen molar-refractivity contribution in [2.75, 3.05) is 45.0 Å². The average Bonchev–Trinajstić information content (AvgIpc) is 3.42. The van der Waals surface area contributed by atoms with Crippen molar-refractivity contribution in [1.29, 1.82) is 0 Å². The van der Waals surface area contributed by atoms with Crippen LogP contribution in [0.4, 0.5) is 10.6 Å². The van der Waals surface area contributed by atoms with Crippen LogP contribution in [0, 0.1) is 0 Å². The molecule has 0 bridgehead atoms. The molecule has 0 radical (unpaired) electrons. The second-order valence-electron chi connectivity index (χ2n) is 13.4. The number of carbonyl (C=O) groups excluding carboxylic acids is 1. The number of fused-ring (bicyclic) bond motifs is 2. The highest BCUT2D eigenvalue weighted by Crippen LogP contribution is 2.40. The second-order valence-corrected chi connectivity index (χ2v) is 13.4. The van der Waals surface area contributed by atoms with Crippen LogP contribution in [-0.4, -0.2) is 86.2 Å². The highest BCUT2D eigenvalue weighted by Gasteiger charge is 2.34. The van der Waals surface area contributed by atoms with E-state index in [4.69, 9.17) is 20.4 Å². The van der Waals surface area contributed by atoms with E-state index in [-0.39, 0.29) is 6.09 Å². The maximum absolute atomic E-state index is 12.4. The number of imidazole rings is 1. The van der Waals surface area contributed by atoms with Crippen molar-refractivity contribution in [2.45, 2.75) is 51.2 Å². The van der Waals surface area contributed by atoms with Crippen molar-refractivity contribution in [3.8, 4) is 22.5 Å². The third-order valence-electron chi connectivity index (χ3n) is 9.03. The third kappa shape index (κ3) is 6.27. The molecule has 7 rings (SSSR count). The number of nitrogen functional groups attached to an aromatic ring is 1. The number of nitrogens with one attached hydrogen (secondary N) is 1. The standard InChI is InChI=1S/C36H42N8O2/c1-36(2,3)46-35(45)43-19-17-42(18-20-43)15-13-38-28-21-27(22-28)34-41-31(32-33(37)39-14-16-44(32)34)26-10-9-25-11-12-29(40-30(25)23-26)24-7-5-4-6-8-24/h4-12,14,16,23,27-28,38H,13,15,17-22H2,1-3H3,(H2,37,39)/t27-,28+. The molecule has 0 spiro atoms. The Hall–Kier alpha value is -4.54. The first-order chi connectivity index (χ1) is 22.2. The number of benzene rings is 2. The Kier molecular flexibility index (Phi) is 8.08. The highest BCUT2D eigenvalue weighted by molar-refractivity contribution is 5.91. The van der Waals surface area contributed by atoms with E-state index < -0.39 is 5.60 Å². The van der Waals surface area contributed by atoms with Gasteiger partial charge in [-0.2, -0.15) is 0 Å². The number of carbonyl (C=O) groups is 1. The molecule has 3 aromatic heterocycles. The minimum atomic E-state index is -0.465. The lowest BCUT2D eigenvalue weighted by molar-refractivity contribution is 0.0145. The van der Waals surface area contributed by atoms with Crippen LogP contribution >= 0.6 is 0 Å². The van der Waals surface area contributed by atoms with E-state index in [0.29, 0.717) is 30.9 Å². The summed E-state index contributed by atoms with van der Waals surface area (Å²) in [5.41, 5.74) is 11.6. The van der Waals surface area contributed by atoms with Crippen molar-refractivity contribution in [3.05, 3.63) is 78.9 Å². The Morgan fingerprint density at radius 2 is 1.74 bits per heavy atom. The molecule has 0 unspecified atom stereocenters. The van der Waals surface area contributed by atoms with E-state index in [2.05, 4.69) is 62.1 Å². The fourth-order valence-electron chi connectivity index (χ4n) is 6.51. The molecule has 10 heteroatoms. The maximum atomic E-state index is 12.4. The molecule has 46 heavy (non-hydrogen) atoms. The number of amides is 1. The van der Waals surface area contributed by atoms with Gasteiger partial charge in [0.1, 0.15) is 28.5 Å². The van der Waals surface area contributed by atoms with E-state index >= 15 is 0 Å². The highest BCUT2D eigenvalue weighted by atomic mass is 16.6. The maximum Gasteiger partial charge on any atom is 0.410 e. The lowest BCUT2D eigenvalue weighted by atomic mass is 9.79. The van der Waals surface area contributed by atoms with Gasteiger partial charge in [-0.05, 0) is 45.7 Å². The Morgan fingerprint density at radius 1 is 0.978 bits per heavy atom. The summed E-state index contributed by atoms with van der Waals surface area (Å²) in [6, 6.07) is 21.2. The van der Waals surface area contributed by atoms with E-state index in [1.807, 2.05) is 50.1 Å². The molecule has 1 amide bonds. The van der Waals surface area contributed by atoms with Gasteiger partial charge in [0, 0.05) is 80.1 Å². The molecule has 1 aliphatic heterocycles. The summed E-state index contributed by atoms with van der Waals surface area (Å²) in [5.74, 6) is 1.84. The summed E-state index contributed by atoms with van der Waals surface area (Å²) < 4.78 is 7.65. The van der Waals surface area contributed by atoms with Crippen LogP contribution in [0.5, 0.6) is 0 Å². The van der Waals surface area contributed by atoms with Gasteiger partial charge in [-0.3, -0.25) is 9.30 Å². The number of rotatable bonds is 7. The molecule has 2 aromatic carbocycles. The van der Waals surface area contributed by atoms with Gasteiger partial charge in [-0.1, -0.05) is 48.5 Å². The molecule has 238 valence electrons. The molecule has 1 saturated heterocycles. The number of aromatic nitrogens is 4. The van der Waals surface area contributed by atoms with Gasteiger partial charge in [0.25, 0.3) is 0 Å². The Bertz CT molecular complexity index is 1850. The van der Waals surface area contributed by atoms with Crippen LogP contribution in [0.25, 0.3) is 38.9 Å².